The Kier molecular flexibility index (Phi) is 8.15. The molecule has 6 aromatic rings. The van der Waals surface area contributed by atoms with Crippen LogP contribution < -0.4 is 14.8 Å². The van der Waals surface area contributed by atoms with Gasteiger partial charge in [-0.2, -0.15) is 13.2 Å². The third-order valence-electron chi connectivity index (χ3n) is 7.68. The van der Waals surface area contributed by atoms with E-state index in [0.717, 1.165) is 22.0 Å². The lowest BCUT2D eigenvalue weighted by atomic mass is 10.1. The summed E-state index contributed by atoms with van der Waals surface area (Å²) in [6.45, 7) is 1.86. The van der Waals surface area contributed by atoms with Crippen molar-refractivity contribution in [3.05, 3.63) is 96.3 Å². The molecule has 0 amide bonds. The lowest BCUT2D eigenvalue weighted by Gasteiger charge is -2.22. The number of pyridine rings is 1. The van der Waals surface area contributed by atoms with Crippen molar-refractivity contribution < 1.29 is 31.1 Å². The van der Waals surface area contributed by atoms with Gasteiger partial charge in [0, 0.05) is 63.7 Å². The lowest BCUT2D eigenvalue weighted by molar-refractivity contribution is -0.0328. The molecule has 3 aromatic heterocycles. The fraction of sp³-hybridized carbons (Fsp3) is 0.182. The first-order valence-electron chi connectivity index (χ1n) is 14.0. The summed E-state index contributed by atoms with van der Waals surface area (Å²) in [5.74, 6) is 1.15. The first-order valence-corrected chi connectivity index (χ1v) is 16.4. The Morgan fingerprint density at radius 1 is 0.935 bits per heavy atom. The molecule has 2 N–H and O–H groups in total. The molecular weight excluding hydrogens is 638 g/mol. The molecule has 8 nitrogen and oxygen atoms in total. The van der Waals surface area contributed by atoms with Gasteiger partial charge in [0.2, 0.25) is 9.84 Å². The highest BCUT2D eigenvalue weighted by atomic mass is 32.2. The van der Waals surface area contributed by atoms with E-state index >= 15 is 0 Å². The van der Waals surface area contributed by atoms with Crippen molar-refractivity contribution in [2.24, 2.45) is 7.05 Å². The zero-order valence-corrected chi connectivity index (χ0v) is 26.8. The number of aromatic amines is 1. The third kappa shape index (κ3) is 5.99. The number of nitrogens with zero attached hydrogens (tertiary/aromatic N) is 2. The number of methoxy groups -OCH3 is 2. The highest BCUT2D eigenvalue weighted by Gasteiger charge is 2.32. The molecule has 6 rings (SSSR count). The zero-order chi connectivity index (χ0) is 32.8. The van der Waals surface area contributed by atoms with Crippen molar-refractivity contribution >= 4 is 49.2 Å². The van der Waals surface area contributed by atoms with Gasteiger partial charge in [0.15, 0.2) is 16.9 Å². The number of aromatic nitrogens is 3. The van der Waals surface area contributed by atoms with Crippen LogP contribution in [0.4, 0.5) is 18.9 Å². The largest absolute Gasteiger partial charge is 0.493 e. The summed E-state index contributed by atoms with van der Waals surface area (Å²) >= 11 is -0.237. The minimum Gasteiger partial charge on any atom is -0.493 e. The predicted molar refractivity (Wildman–Crippen MR) is 174 cm³/mol. The number of anilines is 1. The Hall–Kier alpha value is -4.62. The van der Waals surface area contributed by atoms with Crippen LogP contribution in [-0.2, 0) is 16.9 Å². The van der Waals surface area contributed by atoms with Gasteiger partial charge in [-0.1, -0.05) is 17.7 Å². The van der Waals surface area contributed by atoms with Crippen LogP contribution in [0.5, 0.6) is 11.5 Å². The summed E-state index contributed by atoms with van der Waals surface area (Å²) < 4.78 is 80.3. The Balaban J connectivity index is 1.48. The number of alkyl halides is 3. The second kappa shape index (κ2) is 12.0. The minimum absolute atomic E-state index is 0.0121. The Bertz CT molecular complexity index is 2160. The first-order chi connectivity index (χ1) is 21.9. The lowest BCUT2D eigenvalue weighted by Crippen LogP contribution is -2.22. The number of fused-ring (bicyclic) bond motifs is 2. The molecule has 1 atom stereocenters. The molecule has 0 aliphatic heterocycles. The van der Waals surface area contributed by atoms with E-state index in [4.69, 9.17) is 9.47 Å². The SMILES string of the molecule is COc1cc2c(-c3cc4c(C(Nc5ccc(SC(F)(F)F)cc5)S(=O)(=O)c5ccc(C)cc5)ccnc4[nH]3)cn(C)c2cc1OC. The first kappa shape index (κ1) is 31.4. The number of aryl methyl sites for hydroxylation is 2. The van der Waals surface area contributed by atoms with Gasteiger partial charge in [0.25, 0.3) is 0 Å². The van der Waals surface area contributed by atoms with Crippen molar-refractivity contribution in [2.45, 2.75) is 27.6 Å². The van der Waals surface area contributed by atoms with Crippen LogP contribution in [0, 0.1) is 6.92 Å². The topological polar surface area (TPSA) is 98.2 Å². The molecule has 1 unspecified atom stereocenters. The monoisotopic (exact) mass is 666 g/mol. The Labute approximate surface area is 267 Å². The zero-order valence-electron chi connectivity index (χ0n) is 25.1. The van der Waals surface area contributed by atoms with Crippen LogP contribution >= 0.6 is 11.8 Å². The van der Waals surface area contributed by atoms with E-state index in [2.05, 4.69) is 15.3 Å². The van der Waals surface area contributed by atoms with E-state index in [1.54, 1.807) is 44.6 Å². The highest BCUT2D eigenvalue weighted by Crippen LogP contribution is 2.41. The molecule has 0 radical (unpaired) electrons. The summed E-state index contributed by atoms with van der Waals surface area (Å²) in [6.07, 6.45) is 3.48. The van der Waals surface area contributed by atoms with E-state index < -0.39 is 20.7 Å². The van der Waals surface area contributed by atoms with Crippen molar-refractivity contribution in [3.63, 3.8) is 0 Å². The van der Waals surface area contributed by atoms with E-state index in [1.165, 1.54) is 30.5 Å². The molecule has 46 heavy (non-hydrogen) atoms. The molecular formula is C33H29F3N4O4S2. The number of halogens is 3. The van der Waals surface area contributed by atoms with Crippen LogP contribution in [0.15, 0.2) is 95.0 Å². The van der Waals surface area contributed by atoms with E-state index in [0.29, 0.717) is 39.5 Å². The van der Waals surface area contributed by atoms with Gasteiger partial charge in [0.05, 0.1) is 24.6 Å². The van der Waals surface area contributed by atoms with Gasteiger partial charge in [-0.15, -0.1) is 0 Å². The number of H-pyrrole nitrogens is 1. The molecule has 0 fully saturated rings. The Morgan fingerprint density at radius 3 is 2.26 bits per heavy atom. The van der Waals surface area contributed by atoms with Gasteiger partial charge in [-0.3, -0.25) is 0 Å². The van der Waals surface area contributed by atoms with Gasteiger partial charge in [-0.25, -0.2) is 13.4 Å². The minimum atomic E-state index is -4.44. The van der Waals surface area contributed by atoms with Crippen molar-refractivity contribution in [3.8, 4) is 22.8 Å². The fourth-order valence-corrected chi connectivity index (χ4v) is 7.59. The number of nitrogens with one attached hydrogen (secondary N) is 2. The maximum Gasteiger partial charge on any atom is 0.446 e. The van der Waals surface area contributed by atoms with Crippen LogP contribution in [0.3, 0.4) is 0 Å². The molecule has 3 aromatic carbocycles. The summed E-state index contributed by atoms with van der Waals surface area (Å²) in [4.78, 5) is 7.92. The molecule has 0 saturated carbocycles. The van der Waals surface area contributed by atoms with Gasteiger partial charge >= 0.3 is 5.51 Å². The van der Waals surface area contributed by atoms with Gasteiger partial charge in [0.1, 0.15) is 5.65 Å². The van der Waals surface area contributed by atoms with Crippen molar-refractivity contribution in [1.82, 2.24) is 14.5 Å². The quantitative estimate of drug-likeness (QED) is 0.150. The third-order valence-corrected chi connectivity index (χ3v) is 10.3. The number of sulfone groups is 1. The summed E-state index contributed by atoms with van der Waals surface area (Å²) in [5, 5.41) is 3.23. The summed E-state index contributed by atoms with van der Waals surface area (Å²) in [7, 11) is 0.977. The smallest absolute Gasteiger partial charge is 0.446 e. The predicted octanol–water partition coefficient (Wildman–Crippen LogP) is 8.24. The average Bonchev–Trinajstić information content (AvgIpc) is 3.60. The van der Waals surface area contributed by atoms with Crippen LogP contribution in [0.25, 0.3) is 33.2 Å². The highest BCUT2D eigenvalue weighted by molar-refractivity contribution is 8.00. The fourth-order valence-electron chi connectivity index (χ4n) is 5.44. The van der Waals surface area contributed by atoms with Gasteiger partial charge in [-0.05, 0) is 73.3 Å². The standard InChI is InChI=1S/C33H29F3N4O4S2/c1-19-5-11-22(12-6-19)46(41,42)32(38-20-7-9-21(10-8-20)45-33(34,35)36)23-13-14-37-31-25(23)15-27(39-31)26-18-40(2)28-17-30(44-4)29(43-3)16-24(26)28/h5-18,32,38H,1-4H3,(H,37,39). The molecule has 13 heteroatoms. The molecule has 3 heterocycles. The van der Waals surface area contributed by atoms with Crippen molar-refractivity contribution in [1.29, 1.82) is 0 Å². The normalized spacial score (nSPS) is 12.8. The maximum absolute atomic E-state index is 14.3. The van der Waals surface area contributed by atoms with Crippen LogP contribution in [0.2, 0.25) is 0 Å². The van der Waals surface area contributed by atoms with Gasteiger partial charge < -0.3 is 24.3 Å². The van der Waals surface area contributed by atoms with Crippen molar-refractivity contribution in [2.75, 3.05) is 19.5 Å². The number of rotatable bonds is 9. The van der Waals surface area contributed by atoms with Crippen LogP contribution in [0.1, 0.15) is 16.5 Å². The van der Waals surface area contributed by atoms with E-state index in [9.17, 15) is 21.6 Å². The molecule has 238 valence electrons. The number of benzene rings is 3. The van der Waals surface area contributed by atoms with E-state index in [-0.39, 0.29) is 21.6 Å². The number of hydrogen-bond donors (Lipinski definition) is 2. The number of ether oxygens (including phenoxy) is 2. The molecule has 0 aliphatic rings. The second-order valence-electron chi connectivity index (χ2n) is 10.7. The maximum atomic E-state index is 14.3. The van der Waals surface area contributed by atoms with Crippen LogP contribution in [-0.4, -0.2) is 42.7 Å². The van der Waals surface area contributed by atoms with E-state index in [1.807, 2.05) is 42.9 Å². The molecule has 0 saturated heterocycles. The Morgan fingerprint density at radius 2 is 1.61 bits per heavy atom. The molecule has 0 aliphatic carbocycles. The second-order valence-corrected chi connectivity index (χ2v) is 13.8. The number of hydrogen-bond acceptors (Lipinski definition) is 7. The average molecular weight is 667 g/mol. The summed E-state index contributed by atoms with van der Waals surface area (Å²) in [5.41, 5.74) is 0.110. The molecule has 0 bridgehead atoms. The molecule has 0 spiro atoms. The number of thioether (sulfide) groups is 1. The summed E-state index contributed by atoms with van der Waals surface area (Å²) in [6, 6.07) is 19.2.